The molecule has 2 amide bonds. The number of methoxy groups -OCH3 is 1. The van der Waals surface area contributed by atoms with Gasteiger partial charge >= 0.3 is 0 Å². The van der Waals surface area contributed by atoms with Crippen LogP contribution in [0.25, 0.3) is 0 Å². The SMILES string of the molecule is COCC(C(C)C)N(C=O)C(=O)CC(C)(C)c1ccccc1. The van der Waals surface area contributed by atoms with Gasteiger partial charge in [0, 0.05) is 13.5 Å². The topological polar surface area (TPSA) is 46.6 Å². The van der Waals surface area contributed by atoms with Gasteiger partial charge in [-0.15, -0.1) is 0 Å². The standard InChI is InChI=1S/C18H27NO3/c1-14(2)16(12-22-5)19(13-20)17(21)11-18(3,4)15-9-7-6-8-10-15/h6-10,13-14,16H,11-12H2,1-5H3. The molecule has 1 atom stereocenters. The number of amides is 2. The molecule has 0 aliphatic rings. The summed E-state index contributed by atoms with van der Waals surface area (Å²) < 4.78 is 5.16. The van der Waals surface area contributed by atoms with E-state index in [1.54, 1.807) is 7.11 Å². The van der Waals surface area contributed by atoms with Crippen LogP contribution in [0.1, 0.15) is 39.7 Å². The van der Waals surface area contributed by atoms with Gasteiger partial charge < -0.3 is 4.74 Å². The fourth-order valence-electron chi connectivity index (χ4n) is 2.55. The summed E-state index contributed by atoms with van der Waals surface area (Å²) in [4.78, 5) is 25.4. The van der Waals surface area contributed by atoms with E-state index in [0.29, 0.717) is 13.0 Å². The first-order valence-electron chi connectivity index (χ1n) is 7.64. The lowest BCUT2D eigenvalue weighted by atomic mass is 9.81. The number of hydrogen-bond acceptors (Lipinski definition) is 3. The zero-order valence-corrected chi connectivity index (χ0v) is 14.2. The van der Waals surface area contributed by atoms with Crippen molar-refractivity contribution in [3.05, 3.63) is 35.9 Å². The van der Waals surface area contributed by atoms with E-state index in [1.807, 2.05) is 58.0 Å². The van der Waals surface area contributed by atoms with Crippen LogP contribution in [0.15, 0.2) is 30.3 Å². The third-order valence-electron chi connectivity index (χ3n) is 4.01. The molecule has 0 N–H and O–H groups in total. The van der Waals surface area contributed by atoms with Gasteiger partial charge in [0.05, 0.1) is 12.6 Å². The Labute approximate surface area is 133 Å². The van der Waals surface area contributed by atoms with E-state index in [1.165, 1.54) is 4.90 Å². The molecule has 1 aromatic carbocycles. The van der Waals surface area contributed by atoms with Gasteiger partial charge in [-0.05, 0) is 16.9 Å². The summed E-state index contributed by atoms with van der Waals surface area (Å²) in [6.45, 7) is 8.35. The van der Waals surface area contributed by atoms with Crippen LogP contribution in [-0.2, 0) is 19.7 Å². The second-order valence-electron chi connectivity index (χ2n) is 6.60. The quantitative estimate of drug-likeness (QED) is 0.694. The first-order chi connectivity index (χ1) is 10.3. The Morgan fingerprint density at radius 2 is 1.86 bits per heavy atom. The first-order valence-corrected chi connectivity index (χ1v) is 7.64. The Hall–Kier alpha value is -1.68. The number of nitrogens with zero attached hydrogens (tertiary/aromatic N) is 1. The highest BCUT2D eigenvalue weighted by Gasteiger charge is 2.31. The van der Waals surface area contributed by atoms with Crippen molar-refractivity contribution in [3.8, 4) is 0 Å². The molecule has 0 aliphatic carbocycles. The molecular formula is C18H27NO3. The van der Waals surface area contributed by atoms with Gasteiger partial charge in [0.2, 0.25) is 12.3 Å². The molecule has 0 radical (unpaired) electrons. The minimum Gasteiger partial charge on any atom is -0.383 e. The Bertz CT molecular complexity index is 482. The van der Waals surface area contributed by atoms with Crippen LogP contribution < -0.4 is 0 Å². The maximum absolute atomic E-state index is 12.6. The summed E-state index contributed by atoms with van der Waals surface area (Å²) in [5.74, 6) is -0.0199. The van der Waals surface area contributed by atoms with Crippen LogP contribution in [0, 0.1) is 5.92 Å². The molecule has 1 unspecified atom stereocenters. The summed E-state index contributed by atoms with van der Waals surface area (Å²) in [7, 11) is 1.58. The first kappa shape index (κ1) is 18.4. The maximum Gasteiger partial charge on any atom is 0.230 e. The number of ether oxygens (including phenoxy) is 1. The van der Waals surface area contributed by atoms with Gasteiger partial charge in [0.15, 0.2) is 0 Å². The molecule has 0 bridgehead atoms. The monoisotopic (exact) mass is 305 g/mol. The van der Waals surface area contributed by atoms with Crippen molar-refractivity contribution < 1.29 is 14.3 Å². The van der Waals surface area contributed by atoms with E-state index in [-0.39, 0.29) is 29.7 Å². The van der Waals surface area contributed by atoms with E-state index < -0.39 is 0 Å². The maximum atomic E-state index is 12.6. The summed E-state index contributed by atoms with van der Waals surface area (Å²) >= 11 is 0. The molecule has 0 aromatic heterocycles. The van der Waals surface area contributed by atoms with E-state index in [4.69, 9.17) is 4.74 Å². The van der Waals surface area contributed by atoms with Crippen molar-refractivity contribution in [2.45, 2.75) is 45.6 Å². The molecule has 0 saturated carbocycles. The van der Waals surface area contributed by atoms with E-state index in [0.717, 1.165) is 5.56 Å². The van der Waals surface area contributed by atoms with Crippen molar-refractivity contribution in [2.24, 2.45) is 5.92 Å². The molecule has 4 heteroatoms. The predicted octanol–water partition coefficient (Wildman–Crippen LogP) is 3.01. The van der Waals surface area contributed by atoms with Crippen LogP contribution >= 0.6 is 0 Å². The lowest BCUT2D eigenvalue weighted by Crippen LogP contribution is -2.46. The second-order valence-corrected chi connectivity index (χ2v) is 6.60. The molecule has 0 saturated heterocycles. The Balaban J connectivity index is 2.90. The average molecular weight is 305 g/mol. The Morgan fingerprint density at radius 1 is 1.27 bits per heavy atom. The van der Waals surface area contributed by atoms with E-state index in [2.05, 4.69) is 0 Å². The predicted molar refractivity (Wildman–Crippen MR) is 87.5 cm³/mol. The summed E-state index contributed by atoms with van der Waals surface area (Å²) in [6.07, 6.45) is 0.912. The number of imide groups is 1. The number of rotatable bonds is 8. The highest BCUT2D eigenvalue weighted by Crippen LogP contribution is 2.28. The van der Waals surface area contributed by atoms with Crippen molar-refractivity contribution in [3.63, 3.8) is 0 Å². The Morgan fingerprint density at radius 3 is 2.32 bits per heavy atom. The molecule has 0 aliphatic heterocycles. The van der Waals surface area contributed by atoms with Crippen LogP contribution in [0.2, 0.25) is 0 Å². The van der Waals surface area contributed by atoms with Crippen LogP contribution in [0.3, 0.4) is 0 Å². The highest BCUT2D eigenvalue weighted by atomic mass is 16.5. The van der Waals surface area contributed by atoms with E-state index >= 15 is 0 Å². The lowest BCUT2D eigenvalue weighted by molar-refractivity contribution is -0.144. The normalized spacial score (nSPS) is 13.0. The van der Waals surface area contributed by atoms with Crippen molar-refractivity contribution in [2.75, 3.05) is 13.7 Å². The number of carbonyl (C=O) groups is 2. The fourth-order valence-corrected chi connectivity index (χ4v) is 2.55. The van der Waals surface area contributed by atoms with Crippen molar-refractivity contribution >= 4 is 12.3 Å². The minimum absolute atomic E-state index is 0.147. The van der Waals surface area contributed by atoms with Crippen molar-refractivity contribution in [1.82, 2.24) is 4.90 Å². The summed E-state index contributed by atoms with van der Waals surface area (Å²) in [5.41, 5.74) is 0.760. The van der Waals surface area contributed by atoms with Gasteiger partial charge in [-0.1, -0.05) is 58.0 Å². The molecule has 0 heterocycles. The average Bonchev–Trinajstić information content (AvgIpc) is 2.47. The molecule has 0 spiro atoms. The summed E-state index contributed by atoms with van der Waals surface area (Å²) in [6, 6.07) is 9.65. The zero-order valence-electron chi connectivity index (χ0n) is 14.2. The van der Waals surface area contributed by atoms with Crippen LogP contribution in [0.4, 0.5) is 0 Å². The highest BCUT2D eigenvalue weighted by molar-refractivity contribution is 5.87. The molecule has 4 nitrogen and oxygen atoms in total. The minimum atomic E-state index is -0.325. The molecule has 22 heavy (non-hydrogen) atoms. The van der Waals surface area contributed by atoms with Crippen LogP contribution in [0.5, 0.6) is 0 Å². The number of hydrogen-bond donors (Lipinski definition) is 0. The van der Waals surface area contributed by atoms with E-state index in [9.17, 15) is 9.59 Å². The fraction of sp³-hybridized carbons (Fsp3) is 0.556. The number of benzene rings is 1. The lowest BCUT2D eigenvalue weighted by Gasteiger charge is -2.32. The van der Waals surface area contributed by atoms with Crippen LogP contribution in [-0.4, -0.2) is 37.0 Å². The van der Waals surface area contributed by atoms with Crippen molar-refractivity contribution in [1.29, 1.82) is 0 Å². The molecule has 0 fully saturated rings. The summed E-state index contributed by atoms with van der Waals surface area (Å²) in [5, 5.41) is 0. The molecule has 1 rings (SSSR count). The van der Waals surface area contributed by atoms with Gasteiger partial charge in [-0.2, -0.15) is 0 Å². The zero-order chi connectivity index (χ0) is 16.8. The third-order valence-corrected chi connectivity index (χ3v) is 4.01. The largest absolute Gasteiger partial charge is 0.383 e. The second kappa shape index (κ2) is 8.08. The molecule has 1 aromatic rings. The smallest absolute Gasteiger partial charge is 0.230 e. The van der Waals surface area contributed by atoms with Gasteiger partial charge in [0.25, 0.3) is 0 Å². The Kier molecular flexibility index (Phi) is 6.75. The number of carbonyl (C=O) groups excluding carboxylic acids is 2. The van der Waals surface area contributed by atoms with Gasteiger partial charge in [-0.3, -0.25) is 14.5 Å². The van der Waals surface area contributed by atoms with Gasteiger partial charge in [-0.25, -0.2) is 0 Å². The molecular weight excluding hydrogens is 278 g/mol. The van der Waals surface area contributed by atoms with Gasteiger partial charge in [0.1, 0.15) is 0 Å². The third kappa shape index (κ3) is 4.67. The molecule has 122 valence electrons.